The van der Waals surface area contributed by atoms with Crippen molar-refractivity contribution in [1.82, 2.24) is 10.6 Å². The number of thiophene rings is 1. The molecule has 0 radical (unpaired) electrons. The van der Waals surface area contributed by atoms with Crippen molar-refractivity contribution in [3.05, 3.63) is 57.0 Å². The predicted octanol–water partition coefficient (Wildman–Crippen LogP) is 3.37. The molecule has 24 heavy (non-hydrogen) atoms. The first kappa shape index (κ1) is 18.7. The van der Waals surface area contributed by atoms with E-state index in [1.165, 1.54) is 23.5 Å². The Hall–Kier alpha value is -1.63. The van der Waals surface area contributed by atoms with Gasteiger partial charge < -0.3 is 15.7 Å². The lowest BCUT2D eigenvalue weighted by Crippen LogP contribution is -2.38. The Labute approximate surface area is 150 Å². The third-order valence-electron chi connectivity index (χ3n) is 3.31. The minimum atomic E-state index is -0.671. The molecule has 0 fully saturated rings. The van der Waals surface area contributed by atoms with E-state index in [1.54, 1.807) is 18.2 Å². The molecule has 2 aromatic rings. The number of aliphatic imine (C=N–C) groups is 1. The number of aliphatic hydroxyl groups excluding tert-OH is 1. The van der Waals surface area contributed by atoms with Gasteiger partial charge in [-0.1, -0.05) is 23.7 Å². The van der Waals surface area contributed by atoms with Gasteiger partial charge in [0.15, 0.2) is 5.96 Å². The average molecular weight is 370 g/mol. The van der Waals surface area contributed by atoms with Crippen molar-refractivity contribution in [2.75, 3.05) is 19.6 Å². The van der Waals surface area contributed by atoms with Gasteiger partial charge in [-0.15, -0.1) is 11.3 Å². The molecule has 1 aromatic carbocycles. The number of halogens is 2. The Morgan fingerprint density at radius 2 is 2.00 bits per heavy atom. The number of hydrogen-bond donors (Lipinski definition) is 3. The van der Waals surface area contributed by atoms with E-state index in [9.17, 15) is 9.50 Å². The minimum Gasteiger partial charge on any atom is -0.386 e. The number of aliphatic hydroxyl groups is 1. The largest absolute Gasteiger partial charge is 0.386 e. The maximum atomic E-state index is 12.9. The number of hydrogen-bond acceptors (Lipinski definition) is 3. The Kier molecular flexibility index (Phi) is 7.49. The van der Waals surface area contributed by atoms with Gasteiger partial charge in [0.05, 0.1) is 10.9 Å². The highest BCUT2D eigenvalue weighted by molar-refractivity contribution is 7.16. The molecule has 1 heterocycles. The highest BCUT2D eigenvalue weighted by Crippen LogP contribution is 2.26. The van der Waals surface area contributed by atoms with Gasteiger partial charge in [-0.3, -0.25) is 4.99 Å². The molecule has 0 bridgehead atoms. The van der Waals surface area contributed by atoms with E-state index < -0.39 is 6.10 Å². The summed E-state index contributed by atoms with van der Waals surface area (Å²) < 4.78 is 13.5. The fourth-order valence-electron chi connectivity index (χ4n) is 2.09. The van der Waals surface area contributed by atoms with E-state index in [2.05, 4.69) is 15.6 Å². The third-order valence-corrected chi connectivity index (χ3v) is 4.64. The summed E-state index contributed by atoms with van der Waals surface area (Å²) in [4.78, 5) is 5.19. The minimum absolute atomic E-state index is 0.232. The van der Waals surface area contributed by atoms with Gasteiger partial charge in [0.1, 0.15) is 11.9 Å². The summed E-state index contributed by atoms with van der Waals surface area (Å²) in [5.41, 5.74) is 1.05. The SMILES string of the molecule is CCNC(=NCC(O)c1ccc(Cl)s1)NCCc1ccc(F)cc1. The number of nitrogens with one attached hydrogen (secondary N) is 2. The summed E-state index contributed by atoms with van der Waals surface area (Å²) in [7, 11) is 0. The van der Waals surface area contributed by atoms with Gasteiger partial charge in [-0.2, -0.15) is 0 Å². The van der Waals surface area contributed by atoms with E-state index >= 15 is 0 Å². The molecule has 0 aliphatic carbocycles. The standard InChI is InChI=1S/C17H21ClFN3OS/c1-2-20-17(21-10-9-12-3-5-13(19)6-4-12)22-11-14(23)15-7-8-16(18)24-15/h3-8,14,23H,2,9-11H2,1H3,(H2,20,21,22). The predicted molar refractivity (Wildman–Crippen MR) is 98.4 cm³/mol. The number of rotatable bonds is 7. The van der Waals surface area contributed by atoms with Crippen LogP contribution in [-0.4, -0.2) is 30.7 Å². The van der Waals surface area contributed by atoms with Crippen LogP contribution in [0.25, 0.3) is 0 Å². The topological polar surface area (TPSA) is 56.7 Å². The summed E-state index contributed by atoms with van der Waals surface area (Å²) in [5, 5.41) is 16.5. The second-order valence-electron chi connectivity index (χ2n) is 5.18. The van der Waals surface area contributed by atoms with Crippen molar-refractivity contribution < 1.29 is 9.50 Å². The molecular weight excluding hydrogens is 349 g/mol. The lowest BCUT2D eigenvalue weighted by molar-refractivity contribution is 0.191. The quantitative estimate of drug-likeness (QED) is 0.518. The normalized spacial score (nSPS) is 12.9. The summed E-state index contributed by atoms with van der Waals surface area (Å²) >= 11 is 7.23. The summed E-state index contributed by atoms with van der Waals surface area (Å²) in [5.74, 6) is 0.408. The molecule has 0 amide bonds. The van der Waals surface area contributed by atoms with Crippen molar-refractivity contribution in [3.8, 4) is 0 Å². The molecule has 1 aromatic heterocycles. The molecule has 1 unspecified atom stereocenters. The highest BCUT2D eigenvalue weighted by Gasteiger charge is 2.10. The van der Waals surface area contributed by atoms with Gasteiger partial charge in [-0.25, -0.2) is 4.39 Å². The van der Waals surface area contributed by atoms with Crippen LogP contribution in [0.15, 0.2) is 41.4 Å². The first-order chi connectivity index (χ1) is 11.6. The monoisotopic (exact) mass is 369 g/mol. The second-order valence-corrected chi connectivity index (χ2v) is 6.93. The van der Waals surface area contributed by atoms with Crippen LogP contribution in [0.5, 0.6) is 0 Å². The molecule has 0 aliphatic heterocycles. The van der Waals surface area contributed by atoms with Crippen LogP contribution in [0.3, 0.4) is 0 Å². The highest BCUT2D eigenvalue weighted by atomic mass is 35.5. The van der Waals surface area contributed by atoms with Crippen molar-refractivity contribution in [2.24, 2.45) is 4.99 Å². The third kappa shape index (κ3) is 6.11. The van der Waals surface area contributed by atoms with Crippen LogP contribution >= 0.6 is 22.9 Å². The van der Waals surface area contributed by atoms with Crippen molar-refractivity contribution >= 4 is 28.9 Å². The zero-order chi connectivity index (χ0) is 17.4. The fourth-order valence-corrected chi connectivity index (χ4v) is 3.13. The van der Waals surface area contributed by atoms with Crippen molar-refractivity contribution in [2.45, 2.75) is 19.4 Å². The van der Waals surface area contributed by atoms with E-state index in [-0.39, 0.29) is 12.4 Å². The van der Waals surface area contributed by atoms with Crippen LogP contribution < -0.4 is 10.6 Å². The molecule has 130 valence electrons. The van der Waals surface area contributed by atoms with Gasteiger partial charge >= 0.3 is 0 Å². The maximum absolute atomic E-state index is 12.9. The van der Waals surface area contributed by atoms with Gasteiger partial charge in [0.2, 0.25) is 0 Å². The molecule has 1 atom stereocenters. The van der Waals surface area contributed by atoms with Crippen LogP contribution in [0.2, 0.25) is 4.34 Å². The second kappa shape index (κ2) is 9.61. The van der Waals surface area contributed by atoms with E-state index in [0.717, 1.165) is 23.4 Å². The molecule has 2 rings (SSSR count). The summed E-state index contributed by atoms with van der Waals surface area (Å²) in [6.45, 7) is 3.62. The van der Waals surface area contributed by atoms with Crippen molar-refractivity contribution in [1.29, 1.82) is 0 Å². The van der Waals surface area contributed by atoms with Crippen LogP contribution in [-0.2, 0) is 6.42 Å². The van der Waals surface area contributed by atoms with Crippen molar-refractivity contribution in [3.63, 3.8) is 0 Å². The molecule has 0 saturated carbocycles. The zero-order valence-corrected chi connectivity index (χ0v) is 15.0. The van der Waals surface area contributed by atoms with E-state index in [4.69, 9.17) is 11.6 Å². The molecule has 0 saturated heterocycles. The Morgan fingerprint density at radius 3 is 2.62 bits per heavy atom. The Morgan fingerprint density at radius 1 is 1.25 bits per heavy atom. The molecule has 4 nitrogen and oxygen atoms in total. The maximum Gasteiger partial charge on any atom is 0.191 e. The molecule has 3 N–H and O–H groups in total. The van der Waals surface area contributed by atoms with Gasteiger partial charge in [-0.05, 0) is 43.2 Å². The molecule has 0 aliphatic rings. The first-order valence-corrected chi connectivity index (χ1v) is 8.98. The fraction of sp³-hybridized carbons (Fsp3) is 0.353. The summed E-state index contributed by atoms with van der Waals surface area (Å²) in [6, 6.07) is 10.0. The zero-order valence-electron chi connectivity index (χ0n) is 13.4. The molecule has 0 spiro atoms. The lowest BCUT2D eigenvalue weighted by Gasteiger charge is -2.12. The van der Waals surface area contributed by atoms with Gasteiger partial charge in [0, 0.05) is 18.0 Å². The average Bonchev–Trinajstić information content (AvgIpc) is 3.01. The number of guanidine groups is 1. The van der Waals surface area contributed by atoms with Crippen LogP contribution in [0, 0.1) is 5.82 Å². The van der Waals surface area contributed by atoms with E-state index in [0.29, 0.717) is 16.8 Å². The van der Waals surface area contributed by atoms with Crippen LogP contribution in [0.1, 0.15) is 23.5 Å². The Bertz CT molecular complexity index is 660. The van der Waals surface area contributed by atoms with Gasteiger partial charge in [0.25, 0.3) is 0 Å². The van der Waals surface area contributed by atoms with Crippen LogP contribution in [0.4, 0.5) is 4.39 Å². The smallest absolute Gasteiger partial charge is 0.191 e. The molecule has 7 heteroatoms. The lowest BCUT2D eigenvalue weighted by atomic mass is 10.1. The Balaban J connectivity index is 1.84. The molecular formula is C17H21ClFN3OS. The first-order valence-electron chi connectivity index (χ1n) is 7.78. The number of benzene rings is 1. The number of nitrogens with zero attached hydrogens (tertiary/aromatic N) is 1. The summed E-state index contributed by atoms with van der Waals surface area (Å²) in [6.07, 6.45) is 0.0865. The van der Waals surface area contributed by atoms with E-state index in [1.807, 2.05) is 13.0 Å².